The van der Waals surface area contributed by atoms with Crippen molar-refractivity contribution < 1.29 is 0 Å². The molecule has 1 aliphatic rings. The lowest BCUT2D eigenvalue weighted by Crippen LogP contribution is -2.51. The maximum absolute atomic E-state index is 3.51. The third kappa shape index (κ3) is 2.94. The Bertz CT molecular complexity index is 318. The standard InChI is InChI=1S/C12H19N3/c1-15(2)9-10-4-3-5-11(6-10)14-12-7-13-8-12/h3-6,12-14H,7-9H2,1-2H3. The first kappa shape index (κ1) is 10.5. The van der Waals surface area contributed by atoms with Crippen LogP contribution in [0.5, 0.6) is 0 Å². The molecule has 0 radical (unpaired) electrons. The molecule has 82 valence electrons. The van der Waals surface area contributed by atoms with Crippen molar-refractivity contribution in [3.8, 4) is 0 Å². The molecule has 0 bridgehead atoms. The van der Waals surface area contributed by atoms with Crippen LogP contribution in [-0.4, -0.2) is 38.1 Å². The van der Waals surface area contributed by atoms with Gasteiger partial charge in [-0.05, 0) is 31.8 Å². The van der Waals surface area contributed by atoms with Crippen molar-refractivity contribution in [2.75, 3.05) is 32.5 Å². The molecule has 0 unspecified atom stereocenters. The first-order valence-corrected chi connectivity index (χ1v) is 5.45. The Hall–Kier alpha value is -1.06. The van der Waals surface area contributed by atoms with Gasteiger partial charge in [0.1, 0.15) is 0 Å². The molecule has 3 heteroatoms. The van der Waals surface area contributed by atoms with E-state index in [4.69, 9.17) is 0 Å². The summed E-state index contributed by atoms with van der Waals surface area (Å²) in [5, 5.41) is 6.77. The highest BCUT2D eigenvalue weighted by atomic mass is 15.1. The summed E-state index contributed by atoms with van der Waals surface area (Å²) < 4.78 is 0. The molecule has 0 spiro atoms. The van der Waals surface area contributed by atoms with E-state index in [2.05, 4.69) is 53.9 Å². The van der Waals surface area contributed by atoms with Crippen LogP contribution in [0, 0.1) is 0 Å². The monoisotopic (exact) mass is 205 g/mol. The van der Waals surface area contributed by atoms with Crippen molar-refractivity contribution in [2.45, 2.75) is 12.6 Å². The number of hydrogen-bond acceptors (Lipinski definition) is 3. The Labute approximate surface area is 91.5 Å². The number of nitrogens with zero attached hydrogens (tertiary/aromatic N) is 1. The molecule has 15 heavy (non-hydrogen) atoms. The molecule has 0 aliphatic carbocycles. The third-order valence-corrected chi connectivity index (χ3v) is 2.58. The van der Waals surface area contributed by atoms with E-state index in [0.717, 1.165) is 19.6 Å². The van der Waals surface area contributed by atoms with Crippen LogP contribution < -0.4 is 10.6 Å². The molecular weight excluding hydrogens is 186 g/mol. The van der Waals surface area contributed by atoms with Crippen LogP contribution in [0.2, 0.25) is 0 Å². The predicted molar refractivity (Wildman–Crippen MR) is 64.1 cm³/mol. The summed E-state index contributed by atoms with van der Waals surface area (Å²) in [7, 11) is 4.19. The SMILES string of the molecule is CN(C)Cc1cccc(NC2CNC2)c1. The quantitative estimate of drug-likeness (QED) is 0.771. The lowest BCUT2D eigenvalue weighted by Gasteiger charge is -2.29. The zero-order chi connectivity index (χ0) is 10.7. The molecule has 1 aromatic rings. The maximum atomic E-state index is 3.51. The van der Waals surface area contributed by atoms with E-state index in [0.29, 0.717) is 6.04 Å². The van der Waals surface area contributed by atoms with E-state index >= 15 is 0 Å². The number of nitrogens with one attached hydrogen (secondary N) is 2. The highest BCUT2D eigenvalue weighted by Gasteiger charge is 2.15. The van der Waals surface area contributed by atoms with Crippen molar-refractivity contribution in [3.63, 3.8) is 0 Å². The molecule has 0 amide bonds. The summed E-state index contributed by atoms with van der Waals surface area (Å²) in [4.78, 5) is 2.18. The van der Waals surface area contributed by atoms with Crippen molar-refractivity contribution in [3.05, 3.63) is 29.8 Å². The molecule has 1 saturated heterocycles. The molecule has 0 atom stereocenters. The van der Waals surface area contributed by atoms with Crippen LogP contribution in [0.25, 0.3) is 0 Å². The highest BCUT2D eigenvalue weighted by molar-refractivity contribution is 5.47. The van der Waals surface area contributed by atoms with Crippen LogP contribution in [0.3, 0.4) is 0 Å². The molecule has 1 heterocycles. The maximum Gasteiger partial charge on any atom is 0.0510 e. The number of rotatable bonds is 4. The van der Waals surface area contributed by atoms with Crippen molar-refractivity contribution in [2.24, 2.45) is 0 Å². The predicted octanol–water partition coefficient (Wildman–Crippen LogP) is 1.13. The Kier molecular flexibility index (Phi) is 3.23. The van der Waals surface area contributed by atoms with Gasteiger partial charge in [-0.15, -0.1) is 0 Å². The highest BCUT2D eigenvalue weighted by Crippen LogP contribution is 2.13. The van der Waals surface area contributed by atoms with E-state index < -0.39 is 0 Å². The van der Waals surface area contributed by atoms with E-state index in [9.17, 15) is 0 Å². The van der Waals surface area contributed by atoms with Crippen LogP contribution in [-0.2, 0) is 6.54 Å². The molecular formula is C12H19N3. The third-order valence-electron chi connectivity index (χ3n) is 2.58. The van der Waals surface area contributed by atoms with Crippen LogP contribution in [0.4, 0.5) is 5.69 Å². The molecule has 1 fully saturated rings. The average Bonchev–Trinajstić information content (AvgIpc) is 2.11. The van der Waals surface area contributed by atoms with E-state index in [1.807, 2.05) is 0 Å². The summed E-state index contributed by atoms with van der Waals surface area (Å²) in [6.45, 7) is 3.16. The molecule has 0 aromatic heterocycles. The van der Waals surface area contributed by atoms with Crippen molar-refractivity contribution in [1.82, 2.24) is 10.2 Å². The second-order valence-corrected chi connectivity index (χ2v) is 4.44. The molecule has 1 aromatic carbocycles. The zero-order valence-electron chi connectivity index (χ0n) is 9.46. The Morgan fingerprint density at radius 2 is 2.20 bits per heavy atom. The second-order valence-electron chi connectivity index (χ2n) is 4.44. The van der Waals surface area contributed by atoms with Crippen LogP contribution in [0.15, 0.2) is 24.3 Å². The number of hydrogen-bond donors (Lipinski definition) is 2. The molecule has 1 aliphatic heterocycles. The van der Waals surface area contributed by atoms with Gasteiger partial charge in [-0.1, -0.05) is 12.1 Å². The second kappa shape index (κ2) is 4.64. The van der Waals surface area contributed by atoms with Crippen LogP contribution >= 0.6 is 0 Å². The fraction of sp³-hybridized carbons (Fsp3) is 0.500. The lowest BCUT2D eigenvalue weighted by molar-refractivity contribution is 0.402. The minimum absolute atomic E-state index is 0.611. The molecule has 2 rings (SSSR count). The fourth-order valence-corrected chi connectivity index (χ4v) is 1.75. The van der Waals surface area contributed by atoms with Gasteiger partial charge in [-0.3, -0.25) is 0 Å². The summed E-state index contributed by atoms with van der Waals surface area (Å²) in [6.07, 6.45) is 0. The first-order chi connectivity index (χ1) is 7.24. The fourth-order valence-electron chi connectivity index (χ4n) is 1.75. The van der Waals surface area contributed by atoms with Gasteiger partial charge in [0.25, 0.3) is 0 Å². The van der Waals surface area contributed by atoms with Crippen LogP contribution in [0.1, 0.15) is 5.56 Å². The molecule has 0 saturated carbocycles. The largest absolute Gasteiger partial charge is 0.380 e. The van der Waals surface area contributed by atoms with Gasteiger partial charge in [0.05, 0.1) is 6.04 Å². The van der Waals surface area contributed by atoms with Gasteiger partial charge in [-0.25, -0.2) is 0 Å². The summed E-state index contributed by atoms with van der Waals surface area (Å²) in [5.74, 6) is 0. The number of anilines is 1. The summed E-state index contributed by atoms with van der Waals surface area (Å²) in [5.41, 5.74) is 2.60. The van der Waals surface area contributed by atoms with E-state index in [1.54, 1.807) is 0 Å². The van der Waals surface area contributed by atoms with Gasteiger partial charge in [0.15, 0.2) is 0 Å². The van der Waals surface area contributed by atoms with Gasteiger partial charge >= 0.3 is 0 Å². The van der Waals surface area contributed by atoms with Gasteiger partial charge in [0, 0.05) is 25.3 Å². The summed E-state index contributed by atoms with van der Waals surface area (Å²) in [6, 6.07) is 9.27. The zero-order valence-corrected chi connectivity index (χ0v) is 9.46. The number of benzene rings is 1. The average molecular weight is 205 g/mol. The van der Waals surface area contributed by atoms with E-state index in [1.165, 1.54) is 11.3 Å². The Morgan fingerprint density at radius 3 is 2.80 bits per heavy atom. The first-order valence-electron chi connectivity index (χ1n) is 5.45. The topological polar surface area (TPSA) is 27.3 Å². The molecule has 2 N–H and O–H groups in total. The molecule has 3 nitrogen and oxygen atoms in total. The van der Waals surface area contributed by atoms with Gasteiger partial charge in [-0.2, -0.15) is 0 Å². The normalized spacial score (nSPS) is 16.5. The smallest absolute Gasteiger partial charge is 0.0510 e. The van der Waals surface area contributed by atoms with Crippen molar-refractivity contribution in [1.29, 1.82) is 0 Å². The van der Waals surface area contributed by atoms with Crippen molar-refractivity contribution >= 4 is 5.69 Å². The lowest BCUT2D eigenvalue weighted by atomic mass is 10.1. The Morgan fingerprint density at radius 1 is 1.40 bits per heavy atom. The minimum Gasteiger partial charge on any atom is -0.380 e. The summed E-state index contributed by atoms with van der Waals surface area (Å²) >= 11 is 0. The van der Waals surface area contributed by atoms with E-state index in [-0.39, 0.29) is 0 Å². The van der Waals surface area contributed by atoms with Gasteiger partial charge < -0.3 is 15.5 Å². The minimum atomic E-state index is 0.611. The van der Waals surface area contributed by atoms with Gasteiger partial charge in [0.2, 0.25) is 0 Å². The Balaban J connectivity index is 1.98.